The van der Waals surface area contributed by atoms with E-state index in [1.165, 1.54) is 19.2 Å². The van der Waals surface area contributed by atoms with Gasteiger partial charge in [-0.3, -0.25) is 10.2 Å². The van der Waals surface area contributed by atoms with Gasteiger partial charge in [0.05, 0.1) is 17.6 Å². The van der Waals surface area contributed by atoms with Crippen LogP contribution in [0.5, 0.6) is 5.75 Å². The number of urea groups is 1. The molecular weight excluding hydrogens is 456 g/mol. The maximum absolute atomic E-state index is 12.5. The van der Waals surface area contributed by atoms with E-state index in [2.05, 4.69) is 22.4 Å². The van der Waals surface area contributed by atoms with Crippen LogP contribution >= 0.6 is 0 Å². The number of carbonyl (C=O) groups excluding carboxylic acids is 2. The zero-order chi connectivity index (χ0) is 24.7. The number of ether oxygens (including phenoxy) is 1. The summed E-state index contributed by atoms with van der Waals surface area (Å²) in [5, 5.41) is 4.59. The molecule has 0 radical (unpaired) electrons. The van der Waals surface area contributed by atoms with Gasteiger partial charge in [0.1, 0.15) is 5.75 Å². The van der Waals surface area contributed by atoms with Crippen LogP contribution in [0.15, 0.2) is 47.4 Å². The lowest BCUT2D eigenvalue weighted by Gasteiger charge is -2.30. The molecule has 9 nitrogen and oxygen atoms in total. The Bertz CT molecular complexity index is 1110. The summed E-state index contributed by atoms with van der Waals surface area (Å²) in [5.41, 5.74) is 4.86. The Morgan fingerprint density at radius 2 is 1.76 bits per heavy atom. The number of methoxy groups -OCH3 is 1. The number of nitrogens with one attached hydrogen (secondary N) is 3. The van der Waals surface area contributed by atoms with E-state index in [9.17, 15) is 18.0 Å². The first kappa shape index (κ1) is 25.5. The van der Waals surface area contributed by atoms with Crippen molar-refractivity contribution in [3.05, 3.63) is 59.2 Å². The first-order chi connectivity index (χ1) is 16.2. The fourth-order valence-electron chi connectivity index (χ4n) is 3.72. The zero-order valence-electron chi connectivity index (χ0n) is 19.8. The Kier molecular flexibility index (Phi) is 8.51. The largest absolute Gasteiger partial charge is 0.496 e. The molecule has 184 valence electrons. The highest BCUT2D eigenvalue weighted by Gasteiger charge is 2.21. The third-order valence-corrected chi connectivity index (χ3v) is 7.15. The number of hydrazine groups is 1. The molecule has 10 heteroatoms. The number of hydrogen-bond donors (Lipinski definition) is 3. The van der Waals surface area contributed by atoms with Gasteiger partial charge in [-0.05, 0) is 61.9 Å². The Hall–Kier alpha value is -3.11. The summed E-state index contributed by atoms with van der Waals surface area (Å²) in [4.78, 5) is 24.6. The minimum absolute atomic E-state index is 0.00722. The van der Waals surface area contributed by atoms with Crippen LogP contribution in [0.2, 0.25) is 0 Å². The number of piperidine rings is 1. The molecular formula is C24H32N4O5S. The van der Waals surface area contributed by atoms with Gasteiger partial charge >= 0.3 is 6.03 Å². The first-order valence-corrected chi connectivity index (χ1v) is 12.8. The second-order valence-corrected chi connectivity index (χ2v) is 10.3. The summed E-state index contributed by atoms with van der Waals surface area (Å²) in [5.74, 6) is 0.865. The molecule has 1 aliphatic heterocycles. The molecule has 3 N–H and O–H groups in total. The van der Waals surface area contributed by atoms with Gasteiger partial charge in [0.2, 0.25) is 0 Å². The van der Waals surface area contributed by atoms with Crippen LogP contribution < -0.4 is 20.2 Å². The van der Waals surface area contributed by atoms with Crippen molar-refractivity contribution in [1.29, 1.82) is 0 Å². The summed E-state index contributed by atoms with van der Waals surface area (Å²) in [6.45, 7) is 5.81. The van der Waals surface area contributed by atoms with Gasteiger partial charge in [-0.1, -0.05) is 30.7 Å². The molecule has 0 spiro atoms. The average Bonchev–Trinajstić information content (AvgIpc) is 2.80. The monoisotopic (exact) mass is 488 g/mol. The third kappa shape index (κ3) is 6.94. The molecule has 0 aromatic heterocycles. The third-order valence-electron chi connectivity index (χ3n) is 5.80. The number of carbonyl (C=O) groups is 2. The molecule has 1 saturated heterocycles. The molecule has 0 bridgehead atoms. The molecule has 1 aliphatic rings. The number of aryl methyl sites for hydroxylation is 1. The maximum atomic E-state index is 12.5. The molecule has 1 heterocycles. The fourth-order valence-corrected chi connectivity index (χ4v) is 4.62. The van der Waals surface area contributed by atoms with Crippen LogP contribution in [0.4, 0.5) is 4.79 Å². The van der Waals surface area contributed by atoms with Gasteiger partial charge in [0, 0.05) is 19.6 Å². The molecule has 0 unspecified atom stereocenters. The van der Waals surface area contributed by atoms with Crippen LogP contribution in [0, 0.1) is 12.8 Å². The molecule has 0 aliphatic carbocycles. The van der Waals surface area contributed by atoms with Crippen molar-refractivity contribution in [3.8, 4) is 5.75 Å². The van der Waals surface area contributed by atoms with Crippen molar-refractivity contribution in [2.24, 2.45) is 5.92 Å². The molecule has 0 saturated carbocycles. The van der Waals surface area contributed by atoms with Crippen LogP contribution in [0.1, 0.15) is 41.3 Å². The van der Waals surface area contributed by atoms with Gasteiger partial charge < -0.3 is 10.1 Å². The minimum atomic E-state index is -3.99. The SMILES string of the molecule is COc1ccc(C)cc1C(=O)NCCc1ccc(S(=O)(=O)NC(=O)NN2CCC(C)CC2)cc1. The van der Waals surface area contributed by atoms with E-state index in [1.54, 1.807) is 29.3 Å². The Morgan fingerprint density at radius 3 is 2.41 bits per heavy atom. The van der Waals surface area contributed by atoms with E-state index in [-0.39, 0.29) is 10.8 Å². The highest BCUT2D eigenvalue weighted by Crippen LogP contribution is 2.19. The van der Waals surface area contributed by atoms with Gasteiger partial charge in [0.15, 0.2) is 0 Å². The Balaban J connectivity index is 1.50. The second kappa shape index (κ2) is 11.3. The number of sulfonamides is 1. The fraction of sp³-hybridized carbons (Fsp3) is 0.417. The summed E-state index contributed by atoms with van der Waals surface area (Å²) >= 11 is 0. The van der Waals surface area contributed by atoms with Crippen molar-refractivity contribution in [2.75, 3.05) is 26.7 Å². The molecule has 3 amide bonds. The Morgan fingerprint density at radius 1 is 1.09 bits per heavy atom. The topological polar surface area (TPSA) is 117 Å². The number of nitrogens with zero attached hydrogens (tertiary/aromatic N) is 1. The molecule has 3 rings (SSSR count). The van der Waals surface area contributed by atoms with Gasteiger partial charge in [-0.15, -0.1) is 0 Å². The predicted octanol–water partition coefficient (Wildman–Crippen LogP) is 2.61. The lowest BCUT2D eigenvalue weighted by molar-refractivity contribution is 0.0951. The van der Waals surface area contributed by atoms with E-state index in [4.69, 9.17) is 4.74 Å². The van der Waals surface area contributed by atoms with Crippen molar-refractivity contribution in [1.82, 2.24) is 20.5 Å². The molecule has 0 atom stereocenters. The number of hydrogen-bond acceptors (Lipinski definition) is 6. The summed E-state index contributed by atoms with van der Waals surface area (Å²) < 4.78 is 32.4. The quantitative estimate of drug-likeness (QED) is 0.526. The second-order valence-electron chi connectivity index (χ2n) is 8.57. The van der Waals surface area contributed by atoms with Gasteiger partial charge in [0.25, 0.3) is 15.9 Å². The van der Waals surface area contributed by atoms with E-state index >= 15 is 0 Å². The zero-order valence-corrected chi connectivity index (χ0v) is 20.6. The predicted molar refractivity (Wildman–Crippen MR) is 129 cm³/mol. The molecule has 2 aromatic carbocycles. The van der Waals surface area contributed by atoms with E-state index in [0.29, 0.717) is 43.3 Å². The standard InChI is InChI=1S/C24H32N4O5S/c1-17-11-14-28(15-12-17)26-24(30)27-34(31,32)20-7-5-19(6-8-20)10-13-25-23(29)21-16-18(2)4-9-22(21)33-3/h4-9,16-17H,10-15H2,1-3H3,(H,25,29)(H2,26,27,30). The number of benzene rings is 2. The molecule has 34 heavy (non-hydrogen) atoms. The van der Waals surface area contributed by atoms with Crippen LogP contribution in [0.25, 0.3) is 0 Å². The number of rotatable bonds is 8. The van der Waals surface area contributed by atoms with Crippen molar-refractivity contribution < 1.29 is 22.7 Å². The van der Waals surface area contributed by atoms with Gasteiger partial charge in [-0.2, -0.15) is 0 Å². The number of amides is 3. The minimum Gasteiger partial charge on any atom is -0.496 e. The highest BCUT2D eigenvalue weighted by molar-refractivity contribution is 7.90. The van der Waals surface area contributed by atoms with Crippen LogP contribution in [-0.2, 0) is 16.4 Å². The van der Waals surface area contributed by atoms with Gasteiger partial charge in [-0.25, -0.2) is 22.9 Å². The van der Waals surface area contributed by atoms with E-state index < -0.39 is 16.1 Å². The van der Waals surface area contributed by atoms with Crippen LogP contribution in [-0.4, -0.2) is 52.1 Å². The normalized spacial score (nSPS) is 14.9. The summed E-state index contributed by atoms with van der Waals surface area (Å²) in [7, 11) is -2.47. The first-order valence-electron chi connectivity index (χ1n) is 11.3. The van der Waals surface area contributed by atoms with E-state index in [1.807, 2.05) is 13.0 Å². The van der Waals surface area contributed by atoms with Crippen molar-refractivity contribution in [2.45, 2.75) is 38.0 Å². The smallest absolute Gasteiger partial charge is 0.343 e. The Labute approximate surface area is 200 Å². The highest BCUT2D eigenvalue weighted by atomic mass is 32.2. The molecule has 2 aromatic rings. The average molecular weight is 489 g/mol. The molecule has 1 fully saturated rings. The lowest BCUT2D eigenvalue weighted by atomic mass is 10.0. The van der Waals surface area contributed by atoms with Crippen molar-refractivity contribution >= 4 is 22.0 Å². The summed E-state index contributed by atoms with van der Waals surface area (Å²) in [6.07, 6.45) is 2.42. The maximum Gasteiger partial charge on any atom is 0.343 e. The van der Waals surface area contributed by atoms with Crippen LogP contribution in [0.3, 0.4) is 0 Å². The van der Waals surface area contributed by atoms with Crippen molar-refractivity contribution in [3.63, 3.8) is 0 Å². The lowest BCUT2D eigenvalue weighted by Crippen LogP contribution is -2.51. The van der Waals surface area contributed by atoms with E-state index in [0.717, 1.165) is 24.0 Å². The summed E-state index contributed by atoms with van der Waals surface area (Å²) in [6, 6.07) is 10.8.